The maximum Gasteiger partial charge on any atom is 0.410 e. The quantitative estimate of drug-likeness (QED) is 0.413. The number of nitrogens with two attached hydrogens (primary N) is 2. The molecule has 2 unspecified atom stereocenters. The number of amides is 4. The van der Waals surface area contributed by atoms with Crippen molar-refractivity contribution in [1.82, 2.24) is 25.0 Å². The molecule has 2 fully saturated rings. The molecule has 12 heteroatoms. The van der Waals surface area contributed by atoms with Crippen LogP contribution in [0.2, 0.25) is 0 Å². The summed E-state index contributed by atoms with van der Waals surface area (Å²) in [5, 5.41) is 2.83. The maximum absolute atomic E-state index is 13.4. The Morgan fingerprint density at radius 2 is 1.75 bits per heavy atom. The van der Waals surface area contributed by atoms with Gasteiger partial charge in [0.2, 0.25) is 17.7 Å². The molecule has 2 aromatic rings. The Labute approximate surface area is 233 Å². The highest BCUT2D eigenvalue weighted by Gasteiger charge is 2.39. The van der Waals surface area contributed by atoms with Crippen molar-refractivity contribution in [2.45, 2.75) is 50.9 Å². The normalized spacial score (nSPS) is 17.8. The Kier molecular flexibility index (Phi) is 9.90. The van der Waals surface area contributed by atoms with Crippen LogP contribution in [-0.4, -0.2) is 88.3 Å². The predicted molar refractivity (Wildman–Crippen MR) is 147 cm³/mol. The van der Waals surface area contributed by atoms with Crippen LogP contribution in [0.1, 0.15) is 36.8 Å². The van der Waals surface area contributed by atoms with E-state index in [0.717, 1.165) is 37.1 Å². The molecule has 1 aromatic carbocycles. The molecular formula is C28H37N7O5. The van der Waals surface area contributed by atoms with Crippen molar-refractivity contribution < 1.29 is 23.9 Å². The van der Waals surface area contributed by atoms with Gasteiger partial charge in [-0.1, -0.05) is 30.3 Å². The number of nitrogens with zero attached hydrogens (tertiary/aromatic N) is 4. The van der Waals surface area contributed by atoms with Crippen molar-refractivity contribution in [1.29, 1.82) is 0 Å². The van der Waals surface area contributed by atoms with Crippen LogP contribution >= 0.6 is 0 Å². The van der Waals surface area contributed by atoms with Crippen LogP contribution in [0.3, 0.4) is 0 Å². The van der Waals surface area contributed by atoms with Crippen molar-refractivity contribution >= 4 is 29.6 Å². The number of hydrogen-bond donors (Lipinski definition) is 3. The molecule has 4 amide bonds. The number of likely N-dealkylation sites (tertiary alicyclic amines) is 1. The molecule has 2 atom stereocenters. The average molecular weight is 552 g/mol. The summed E-state index contributed by atoms with van der Waals surface area (Å²) in [6, 6.07) is 10.7. The first-order chi connectivity index (χ1) is 19.3. The van der Waals surface area contributed by atoms with Gasteiger partial charge in [-0.15, -0.1) is 0 Å². The number of hydrogen-bond acceptors (Lipinski definition) is 8. The van der Waals surface area contributed by atoms with E-state index in [1.54, 1.807) is 23.2 Å². The number of benzene rings is 1. The fraction of sp³-hybridized carbons (Fsp3) is 0.464. The second-order valence-corrected chi connectivity index (χ2v) is 10.1. The van der Waals surface area contributed by atoms with Gasteiger partial charge in [-0.3, -0.25) is 14.4 Å². The molecule has 2 aliphatic heterocycles. The molecule has 2 saturated heterocycles. The summed E-state index contributed by atoms with van der Waals surface area (Å²) in [7, 11) is 0. The van der Waals surface area contributed by atoms with Crippen molar-refractivity contribution in [3.63, 3.8) is 0 Å². The zero-order valence-electron chi connectivity index (χ0n) is 22.5. The number of carbonyl (C=O) groups excluding carboxylic acids is 4. The number of rotatable bonds is 9. The second kappa shape index (κ2) is 13.7. The standard InChI is InChI=1S/C28H37N7O5/c29-22(8-9-25(36)33-12-4-5-13-33)27(38)35-15-14-34(28(39)40-19-20-6-2-1-3-7-20)18-23(35)26(37)32-17-21-10-11-31-24(30)16-21/h1-3,6-7,10-11,16,22-23H,4-5,8-9,12-15,17-19,29H2,(H2,30,31)(H,32,37). The third-order valence-corrected chi connectivity index (χ3v) is 7.19. The van der Waals surface area contributed by atoms with E-state index >= 15 is 0 Å². The van der Waals surface area contributed by atoms with Gasteiger partial charge in [0.05, 0.1) is 12.6 Å². The van der Waals surface area contributed by atoms with Gasteiger partial charge in [0, 0.05) is 45.3 Å². The number of aromatic nitrogens is 1. The summed E-state index contributed by atoms with van der Waals surface area (Å²) in [6.07, 6.45) is 3.28. The summed E-state index contributed by atoms with van der Waals surface area (Å²) >= 11 is 0. The molecule has 0 bridgehead atoms. The van der Waals surface area contributed by atoms with Gasteiger partial charge >= 0.3 is 6.09 Å². The highest BCUT2D eigenvalue weighted by molar-refractivity contribution is 5.91. The molecule has 5 N–H and O–H groups in total. The van der Waals surface area contributed by atoms with Crippen molar-refractivity contribution in [3.05, 3.63) is 59.8 Å². The Morgan fingerprint density at radius 1 is 1.00 bits per heavy atom. The molecule has 0 saturated carbocycles. The van der Waals surface area contributed by atoms with Crippen LogP contribution in [-0.2, 0) is 32.3 Å². The fourth-order valence-corrected chi connectivity index (χ4v) is 4.90. The second-order valence-electron chi connectivity index (χ2n) is 10.1. The largest absolute Gasteiger partial charge is 0.445 e. The van der Waals surface area contributed by atoms with Crippen LogP contribution in [0, 0.1) is 0 Å². The maximum atomic E-state index is 13.4. The third-order valence-electron chi connectivity index (χ3n) is 7.19. The lowest BCUT2D eigenvalue weighted by Gasteiger charge is -2.41. The van der Waals surface area contributed by atoms with E-state index in [1.165, 1.54) is 9.80 Å². The smallest absolute Gasteiger partial charge is 0.410 e. The molecule has 2 aliphatic rings. The predicted octanol–water partition coefficient (Wildman–Crippen LogP) is 0.860. The minimum absolute atomic E-state index is 0.0161. The van der Waals surface area contributed by atoms with Gasteiger partial charge in [-0.2, -0.15) is 0 Å². The van der Waals surface area contributed by atoms with Crippen molar-refractivity contribution in [2.24, 2.45) is 5.73 Å². The van der Waals surface area contributed by atoms with Crippen LogP contribution in [0.4, 0.5) is 10.6 Å². The van der Waals surface area contributed by atoms with E-state index in [4.69, 9.17) is 16.2 Å². The number of nitrogens with one attached hydrogen (secondary N) is 1. The van der Waals surface area contributed by atoms with E-state index in [2.05, 4.69) is 10.3 Å². The molecule has 0 radical (unpaired) electrons. The van der Waals surface area contributed by atoms with Gasteiger partial charge in [0.25, 0.3) is 0 Å². The first kappa shape index (κ1) is 28.8. The molecule has 4 rings (SSSR count). The average Bonchev–Trinajstić information content (AvgIpc) is 3.52. The number of ether oxygens (including phenoxy) is 1. The lowest BCUT2D eigenvalue weighted by Crippen LogP contribution is -2.63. The molecule has 40 heavy (non-hydrogen) atoms. The van der Waals surface area contributed by atoms with Gasteiger partial charge in [-0.25, -0.2) is 9.78 Å². The SMILES string of the molecule is Nc1cc(CNC(=O)C2CN(C(=O)OCc3ccccc3)CCN2C(=O)C(N)CCC(=O)N2CCCC2)ccn1. The number of anilines is 1. The summed E-state index contributed by atoms with van der Waals surface area (Å²) in [6.45, 7) is 1.96. The lowest BCUT2D eigenvalue weighted by atomic mass is 10.1. The summed E-state index contributed by atoms with van der Waals surface area (Å²) in [5.41, 5.74) is 13.5. The molecule has 0 spiro atoms. The topological polar surface area (TPSA) is 164 Å². The van der Waals surface area contributed by atoms with Crippen LogP contribution in [0.25, 0.3) is 0 Å². The van der Waals surface area contributed by atoms with E-state index in [0.29, 0.717) is 5.82 Å². The molecule has 12 nitrogen and oxygen atoms in total. The van der Waals surface area contributed by atoms with E-state index < -0.39 is 30.0 Å². The van der Waals surface area contributed by atoms with Crippen LogP contribution < -0.4 is 16.8 Å². The van der Waals surface area contributed by atoms with E-state index in [1.807, 2.05) is 30.3 Å². The first-order valence-electron chi connectivity index (χ1n) is 13.6. The molecule has 0 aliphatic carbocycles. The summed E-state index contributed by atoms with van der Waals surface area (Å²) < 4.78 is 5.46. The molecule has 214 valence electrons. The number of carbonyl (C=O) groups is 4. The lowest BCUT2D eigenvalue weighted by molar-refractivity contribution is -0.145. The monoisotopic (exact) mass is 551 g/mol. The fourth-order valence-electron chi connectivity index (χ4n) is 4.90. The highest BCUT2D eigenvalue weighted by atomic mass is 16.6. The zero-order valence-corrected chi connectivity index (χ0v) is 22.5. The van der Waals surface area contributed by atoms with Crippen molar-refractivity contribution in [2.75, 3.05) is 38.5 Å². The Hall–Kier alpha value is -4.19. The van der Waals surface area contributed by atoms with Crippen LogP contribution in [0.5, 0.6) is 0 Å². The van der Waals surface area contributed by atoms with E-state index in [9.17, 15) is 19.2 Å². The number of piperazine rings is 1. The summed E-state index contributed by atoms with van der Waals surface area (Å²) in [4.78, 5) is 60.6. The third kappa shape index (κ3) is 7.69. The highest BCUT2D eigenvalue weighted by Crippen LogP contribution is 2.17. The molecular weight excluding hydrogens is 514 g/mol. The molecule has 1 aromatic heterocycles. The minimum Gasteiger partial charge on any atom is -0.445 e. The Bertz CT molecular complexity index is 1190. The van der Waals surface area contributed by atoms with E-state index in [-0.39, 0.29) is 51.5 Å². The Morgan fingerprint density at radius 3 is 2.48 bits per heavy atom. The first-order valence-corrected chi connectivity index (χ1v) is 13.6. The van der Waals surface area contributed by atoms with Gasteiger partial charge in [-0.05, 0) is 42.5 Å². The van der Waals surface area contributed by atoms with Crippen LogP contribution in [0.15, 0.2) is 48.7 Å². The minimum atomic E-state index is -0.981. The number of nitrogen functional groups attached to an aromatic ring is 1. The number of pyridine rings is 1. The van der Waals surface area contributed by atoms with Gasteiger partial charge in [0.15, 0.2) is 0 Å². The molecule has 3 heterocycles. The zero-order chi connectivity index (χ0) is 28.5. The summed E-state index contributed by atoms with van der Waals surface area (Å²) in [5.74, 6) is -0.565. The van der Waals surface area contributed by atoms with Gasteiger partial charge < -0.3 is 36.2 Å². The Balaban J connectivity index is 1.40. The van der Waals surface area contributed by atoms with Gasteiger partial charge in [0.1, 0.15) is 18.5 Å². The van der Waals surface area contributed by atoms with Crippen molar-refractivity contribution in [3.8, 4) is 0 Å².